The van der Waals surface area contributed by atoms with Gasteiger partial charge in [-0.05, 0) is 50.7 Å². The van der Waals surface area contributed by atoms with Crippen LogP contribution in [0.15, 0.2) is 29.6 Å². The second-order valence-corrected chi connectivity index (χ2v) is 7.56. The molecule has 1 aliphatic rings. The van der Waals surface area contributed by atoms with Crippen LogP contribution in [0.2, 0.25) is 0 Å². The number of para-hydroxylation sites is 1. The van der Waals surface area contributed by atoms with Crippen molar-refractivity contribution in [3.63, 3.8) is 0 Å². The van der Waals surface area contributed by atoms with Crippen molar-refractivity contribution >= 4 is 22.6 Å². The first-order valence-corrected chi connectivity index (χ1v) is 10.3. The molecule has 0 bridgehead atoms. The number of ether oxygens (including phenoxy) is 2. The third-order valence-corrected chi connectivity index (χ3v) is 5.65. The van der Waals surface area contributed by atoms with Gasteiger partial charge < -0.3 is 20.1 Å². The van der Waals surface area contributed by atoms with E-state index in [1.807, 2.05) is 31.2 Å². The van der Waals surface area contributed by atoms with E-state index in [-0.39, 0.29) is 6.09 Å². The number of benzene rings is 1. The monoisotopic (exact) mass is 389 g/mol. The molecule has 1 saturated carbocycles. The van der Waals surface area contributed by atoms with Crippen LogP contribution in [-0.2, 0) is 4.74 Å². The SMILES string of the molecule is CCOC(=O)NC[C@H]1CC[C@H](Nc2nc(-c3ccccc3OC)cs2)CC1. The van der Waals surface area contributed by atoms with Crippen molar-refractivity contribution in [2.24, 2.45) is 5.92 Å². The molecule has 2 N–H and O–H groups in total. The Morgan fingerprint density at radius 3 is 2.78 bits per heavy atom. The minimum atomic E-state index is -0.315. The highest BCUT2D eigenvalue weighted by Gasteiger charge is 2.22. The highest BCUT2D eigenvalue weighted by molar-refractivity contribution is 7.14. The lowest BCUT2D eigenvalue weighted by molar-refractivity contribution is 0.149. The first-order valence-electron chi connectivity index (χ1n) is 9.45. The van der Waals surface area contributed by atoms with Crippen molar-refractivity contribution in [2.75, 3.05) is 25.6 Å². The van der Waals surface area contributed by atoms with Crippen molar-refractivity contribution in [2.45, 2.75) is 38.6 Å². The number of amides is 1. The van der Waals surface area contributed by atoms with Crippen molar-refractivity contribution in [3.8, 4) is 17.0 Å². The third-order valence-electron chi connectivity index (χ3n) is 4.87. The average Bonchev–Trinajstić information content (AvgIpc) is 3.16. The molecule has 0 aliphatic heterocycles. The molecule has 146 valence electrons. The number of hydrogen-bond acceptors (Lipinski definition) is 6. The fraction of sp³-hybridized carbons (Fsp3) is 0.500. The molecule has 0 saturated heterocycles. The van der Waals surface area contributed by atoms with Crippen molar-refractivity contribution in [1.82, 2.24) is 10.3 Å². The highest BCUT2D eigenvalue weighted by Crippen LogP contribution is 2.33. The summed E-state index contributed by atoms with van der Waals surface area (Å²) >= 11 is 1.63. The van der Waals surface area contributed by atoms with E-state index in [1.165, 1.54) is 0 Å². The lowest BCUT2D eigenvalue weighted by Gasteiger charge is -2.29. The molecule has 0 spiro atoms. The molecule has 3 rings (SSSR count). The number of carbonyl (C=O) groups excluding carboxylic acids is 1. The van der Waals surface area contributed by atoms with Gasteiger partial charge in [-0.15, -0.1) is 11.3 Å². The van der Waals surface area contributed by atoms with Gasteiger partial charge in [-0.25, -0.2) is 9.78 Å². The van der Waals surface area contributed by atoms with Gasteiger partial charge in [-0.2, -0.15) is 0 Å². The van der Waals surface area contributed by atoms with E-state index in [2.05, 4.69) is 16.0 Å². The maximum atomic E-state index is 11.4. The zero-order valence-corrected chi connectivity index (χ0v) is 16.7. The second-order valence-electron chi connectivity index (χ2n) is 6.70. The topological polar surface area (TPSA) is 72.5 Å². The van der Waals surface area contributed by atoms with Gasteiger partial charge >= 0.3 is 6.09 Å². The number of rotatable bonds is 7. The second kappa shape index (κ2) is 9.60. The molecular formula is C20H27N3O3S. The number of alkyl carbamates (subject to hydrolysis) is 1. The minimum Gasteiger partial charge on any atom is -0.496 e. The van der Waals surface area contributed by atoms with E-state index < -0.39 is 0 Å². The number of methoxy groups -OCH3 is 1. The number of nitrogens with zero attached hydrogens (tertiary/aromatic N) is 1. The van der Waals surface area contributed by atoms with Gasteiger partial charge in [-0.1, -0.05) is 12.1 Å². The van der Waals surface area contributed by atoms with Crippen molar-refractivity contribution in [3.05, 3.63) is 29.6 Å². The third kappa shape index (κ3) is 5.35. The Kier molecular flexibility index (Phi) is 6.92. The first-order chi connectivity index (χ1) is 13.2. The summed E-state index contributed by atoms with van der Waals surface area (Å²) in [6.07, 6.45) is 4.03. The van der Waals surface area contributed by atoms with E-state index in [0.29, 0.717) is 25.1 Å². The van der Waals surface area contributed by atoms with Crippen LogP contribution in [0.3, 0.4) is 0 Å². The molecular weight excluding hydrogens is 362 g/mol. The summed E-state index contributed by atoms with van der Waals surface area (Å²) in [6, 6.07) is 8.37. The van der Waals surface area contributed by atoms with Crippen LogP contribution in [0, 0.1) is 5.92 Å². The summed E-state index contributed by atoms with van der Waals surface area (Å²) in [5, 5.41) is 9.43. The van der Waals surface area contributed by atoms with Crippen LogP contribution in [0.1, 0.15) is 32.6 Å². The maximum absolute atomic E-state index is 11.4. The summed E-state index contributed by atoms with van der Waals surface area (Å²) in [6.45, 7) is 2.92. The van der Waals surface area contributed by atoms with Crippen LogP contribution in [0.4, 0.5) is 9.93 Å². The van der Waals surface area contributed by atoms with Crippen LogP contribution in [-0.4, -0.2) is 37.4 Å². The van der Waals surface area contributed by atoms with E-state index in [0.717, 1.165) is 47.8 Å². The number of hydrogen-bond donors (Lipinski definition) is 2. The summed E-state index contributed by atoms with van der Waals surface area (Å²) in [4.78, 5) is 16.1. The standard InChI is InChI=1S/C20H27N3O3S/c1-3-26-20(24)21-12-14-8-10-15(11-9-14)22-19-23-17(13-27-19)16-6-4-5-7-18(16)25-2/h4-7,13-15H,3,8-12H2,1-2H3,(H,21,24)(H,22,23)/t14-,15-. The fourth-order valence-corrected chi connectivity index (χ4v) is 4.20. The number of carbonyl (C=O) groups is 1. The number of thiazole rings is 1. The minimum absolute atomic E-state index is 0.315. The molecule has 1 amide bonds. The molecule has 1 aromatic carbocycles. The molecule has 0 atom stereocenters. The van der Waals surface area contributed by atoms with Gasteiger partial charge in [0.1, 0.15) is 5.75 Å². The van der Waals surface area contributed by atoms with Crippen LogP contribution in [0.25, 0.3) is 11.3 Å². The fourth-order valence-electron chi connectivity index (χ4n) is 3.42. The summed E-state index contributed by atoms with van der Waals surface area (Å²) in [7, 11) is 1.68. The molecule has 0 unspecified atom stereocenters. The maximum Gasteiger partial charge on any atom is 0.407 e. The number of aromatic nitrogens is 1. The molecule has 1 aliphatic carbocycles. The quantitative estimate of drug-likeness (QED) is 0.728. The first kappa shape index (κ1) is 19.5. The summed E-state index contributed by atoms with van der Waals surface area (Å²) < 4.78 is 10.3. The van der Waals surface area contributed by atoms with Crippen molar-refractivity contribution < 1.29 is 14.3 Å². The van der Waals surface area contributed by atoms with Gasteiger partial charge in [0, 0.05) is 23.5 Å². The lowest BCUT2D eigenvalue weighted by Crippen LogP contribution is -2.34. The number of anilines is 1. The van der Waals surface area contributed by atoms with Crippen molar-refractivity contribution in [1.29, 1.82) is 0 Å². The number of nitrogens with one attached hydrogen (secondary N) is 2. The average molecular weight is 390 g/mol. The van der Waals surface area contributed by atoms with E-state index in [1.54, 1.807) is 18.4 Å². The Balaban J connectivity index is 1.49. The largest absolute Gasteiger partial charge is 0.496 e. The van der Waals surface area contributed by atoms with Gasteiger partial charge in [-0.3, -0.25) is 0 Å². The molecule has 6 nitrogen and oxygen atoms in total. The Morgan fingerprint density at radius 2 is 2.04 bits per heavy atom. The van der Waals surface area contributed by atoms with E-state index in [4.69, 9.17) is 14.5 Å². The molecule has 0 radical (unpaired) electrons. The Hall–Kier alpha value is -2.28. The van der Waals surface area contributed by atoms with Crippen LogP contribution in [0.5, 0.6) is 5.75 Å². The molecule has 7 heteroatoms. The smallest absolute Gasteiger partial charge is 0.407 e. The molecule has 27 heavy (non-hydrogen) atoms. The van der Waals surface area contributed by atoms with Gasteiger partial charge in [0.05, 0.1) is 19.4 Å². The zero-order chi connectivity index (χ0) is 19.1. The predicted octanol–water partition coefficient (Wildman–Crippen LogP) is 4.54. The van der Waals surface area contributed by atoms with Crippen LogP contribution < -0.4 is 15.4 Å². The molecule has 2 aromatic rings. The van der Waals surface area contributed by atoms with E-state index >= 15 is 0 Å². The summed E-state index contributed by atoms with van der Waals surface area (Å²) in [5.74, 6) is 1.36. The molecule has 1 aromatic heterocycles. The Morgan fingerprint density at radius 1 is 1.26 bits per heavy atom. The van der Waals surface area contributed by atoms with E-state index in [9.17, 15) is 4.79 Å². The highest BCUT2D eigenvalue weighted by atomic mass is 32.1. The van der Waals surface area contributed by atoms with Gasteiger partial charge in [0.15, 0.2) is 5.13 Å². The Labute approximate surface area is 164 Å². The molecule has 1 heterocycles. The zero-order valence-electron chi connectivity index (χ0n) is 15.9. The lowest BCUT2D eigenvalue weighted by atomic mass is 9.86. The predicted molar refractivity (Wildman–Crippen MR) is 108 cm³/mol. The van der Waals surface area contributed by atoms with Gasteiger partial charge in [0.25, 0.3) is 0 Å². The van der Waals surface area contributed by atoms with Gasteiger partial charge in [0.2, 0.25) is 0 Å². The van der Waals surface area contributed by atoms with Crippen LogP contribution >= 0.6 is 11.3 Å². The normalized spacial score (nSPS) is 19.3. The Bertz CT molecular complexity index is 742. The summed E-state index contributed by atoms with van der Waals surface area (Å²) in [5.41, 5.74) is 1.95. The molecule has 1 fully saturated rings.